The summed E-state index contributed by atoms with van der Waals surface area (Å²) in [5.41, 5.74) is 2.75. The van der Waals surface area contributed by atoms with E-state index < -0.39 is 5.91 Å². The van der Waals surface area contributed by atoms with Gasteiger partial charge in [-0.15, -0.1) is 0 Å². The van der Waals surface area contributed by atoms with Crippen LogP contribution in [0.1, 0.15) is 11.5 Å². The normalized spacial score (nSPS) is 9.64. The molecule has 0 bridgehead atoms. The Balaban J connectivity index is 2.63. The minimum Gasteiger partial charge on any atom is -0.467 e. The van der Waals surface area contributed by atoms with E-state index in [2.05, 4.69) is 9.97 Å². The fraction of sp³-hybridized carbons (Fsp3) is 0.375. The van der Waals surface area contributed by atoms with Crippen molar-refractivity contribution in [2.45, 2.75) is 13.8 Å². The molecule has 0 radical (unpaired) electrons. The van der Waals surface area contributed by atoms with E-state index in [0.29, 0.717) is 11.7 Å². The Labute approximate surface area is 81.5 Å². The summed E-state index contributed by atoms with van der Waals surface area (Å²) < 4.78 is 5.08. The quantitative estimate of drug-likeness (QED) is 0.385. The van der Waals surface area contributed by atoms with Gasteiger partial charge >= 0.3 is 0 Å². The zero-order valence-corrected chi connectivity index (χ0v) is 8.07. The lowest BCUT2D eigenvalue weighted by atomic mass is 10.4. The van der Waals surface area contributed by atoms with Crippen LogP contribution in [0.2, 0.25) is 0 Å². The number of nitrogens with two attached hydrogens (primary N) is 1. The number of nitrogens with one attached hydrogen (secondary N) is 1. The molecule has 6 heteroatoms. The summed E-state index contributed by atoms with van der Waals surface area (Å²) in [6.07, 6.45) is 0. The second-order valence-corrected chi connectivity index (χ2v) is 2.75. The van der Waals surface area contributed by atoms with Gasteiger partial charge in [0.15, 0.2) is 6.61 Å². The van der Waals surface area contributed by atoms with Crippen LogP contribution in [0.25, 0.3) is 0 Å². The van der Waals surface area contributed by atoms with Gasteiger partial charge in [-0.2, -0.15) is 4.98 Å². The van der Waals surface area contributed by atoms with Crippen molar-refractivity contribution in [1.29, 1.82) is 0 Å². The Morgan fingerprint density at radius 2 is 2.29 bits per heavy atom. The highest BCUT2D eigenvalue weighted by molar-refractivity contribution is 5.76. The Kier molecular flexibility index (Phi) is 3.35. The summed E-state index contributed by atoms with van der Waals surface area (Å²) in [5, 5.41) is 0. The van der Waals surface area contributed by atoms with Gasteiger partial charge in [0.1, 0.15) is 5.82 Å². The average Bonchev–Trinajstić information content (AvgIpc) is 2.12. The summed E-state index contributed by atoms with van der Waals surface area (Å²) in [4.78, 5) is 18.8. The Bertz CT molecular complexity index is 320. The number of hydrazine groups is 1. The third kappa shape index (κ3) is 2.98. The van der Waals surface area contributed by atoms with E-state index in [1.807, 2.05) is 12.3 Å². The van der Waals surface area contributed by atoms with Crippen molar-refractivity contribution < 1.29 is 9.53 Å². The van der Waals surface area contributed by atoms with Crippen LogP contribution in [0.5, 0.6) is 5.88 Å². The number of nitrogens with zero attached hydrogens (tertiary/aromatic N) is 2. The number of carbonyl (C=O) groups is 1. The molecule has 0 unspecified atom stereocenters. The number of ether oxygens (including phenoxy) is 1. The van der Waals surface area contributed by atoms with E-state index in [1.54, 1.807) is 13.0 Å². The first-order valence-electron chi connectivity index (χ1n) is 4.06. The molecule has 14 heavy (non-hydrogen) atoms. The molecule has 1 aromatic rings. The summed E-state index contributed by atoms with van der Waals surface area (Å²) >= 11 is 0. The first-order chi connectivity index (χ1) is 6.61. The van der Waals surface area contributed by atoms with Crippen molar-refractivity contribution in [1.82, 2.24) is 15.4 Å². The smallest absolute Gasteiger partial charge is 0.271 e. The maximum absolute atomic E-state index is 10.8. The van der Waals surface area contributed by atoms with E-state index >= 15 is 0 Å². The highest BCUT2D eigenvalue weighted by Crippen LogP contribution is 2.07. The number of hydrogen-bond acceptors (Lipinski definition) is 5. The maximum atomic E-state index is 10.8. The number of aryl methyl sites for hydroxylation is 2. The summed E-state index contributed by atoms with van der Waals surface area (Å²) in [5.74, 6) is 5.46. The number of carbonyl (C=O) groups excluding carboxylic acids is 1. The van der Waals surface area contributed by atoms with Crippen molar-refractivity contribution >= 4 is 5.91 Å². The average molecular weight is 196 g/mol. The van der Waals surface area contributed by atoms with E-state index in [4.69, 9.17) is 10.6 Å². The van der Waals surface area contributed by atoms with Gasteiger partial charge < -0.3 is 4.74 Å². The molecular weight excluding hydrogens is 184 g/mol. The monoisotopic (exact) mass is 196 g/mol. The van der Waals surface area contributed by atoms with Crippen molar-refractivity contribution in [2.75, 3.05) is 6.61 Å². The van der Waals surface area contributed by atoms with Crippen molar-refractivity contribution in [2.24, 2.45) is 5.84 Å². The first-order valence-corrected chi connectivity index (χ1v) is 4.06. The first kappa shape index (κ1) is 10.4. The molecule has 0 spiro atoms. The predicted octanol–water partition coefficient (Wildman–Crippen LogP) is -0.538. The summed E-state index contributed by atoms with van der Waals surface area (Å²) in [6, 6.07) is 1.65. The third-order valence-electron chi connectivity index (χ3n) is 1.45. The molecule has 0 saturated carbocycles. The molecule has 0 aliphatic heterocycles. The molecule has 76 valence electrons. The maximum Gasteiger partial charge on any atom is 0.271 e. The fourth-order valence-electron chi connectivity index (χ4n) is 0.938. The lowest BCUT2D eigenvalue weighted by Crippen LogP contribution is -2.34. The minimum atomic E-state index is -0.404. The Hall–Kier alpha value is -1.69. The zero-order chi connectivity index (χ0) is 10.6. The second kappa shape index (κ2) is 4.52. The number of rotatable bonds is 3. The highest BCUT2D eigenvalue weighted by atomic mass is 16.5. The fourth-order valence-corrected chi connectivity index (χ4v) is 0.938. The van der Waals surface area contributed by atoms with E-state index in [0.717, 1.165) is 5.69 Å². The molecule has 1 amide bonds. The molecule has 1 aromatic heterocycles. The van der Waals surface area contributed by atoms with Gasteiger partial charge in [-0.05, 0) is 13.8 Å². The van der Waals surface area contributed by atoms with Crippen molar-refractivity contribution in [3.8, 4) is 5.88 Å². The number of amides is 1. The standard InChI is InChI=1S/C8H12N4O2/c1-5-3-8(11-6(2)10-5)14-4-7(13)12-9/h3H,4,9H2,1-2H3,(H,12,13). The van der Waals surface area contributed by atoms with Crippen LogP contribution in [0, 0.1) is 13.8 Å². The highest BCUT2D eigenvalue weighted by Gasteiger charge is 2.02. The largest absolute Gasteiger partial charge is 0.467 e. The molecule has 0 fully saturated rings. The van der Waals surface area contributed by atoms with E-state index in [1.165, 1.54) is 0 Å². The molecule has 0 aliphatic rings. The van der Waals surface area contributed by atoms with Crippen LogP contribution in [0.3, 0.4) is 0 Å². The SMILES string of the molecule is Cc1cc(OCC(=O)NN)nc(C)n1. The lowest BCUT2D eigenvalue weighted by Gasteiger charge is -2.05. The molecule has 0 aliphatic carbocycles. The van der Waals surface area contributed by atoms with E-state index in [-0.39, 0.29) is 6.61 Å². The van der Waals surface area contributed by atoms with Crippen LogP contribution in [-0.2, 0) is 4.79 Å². The third-order valence-corrected chi connectivity index (χ3v) is 1.45. The van der Waals surface area contributed by atoms with Gasteiger partial charge in [-0.25, -0.2) is 10.8 Å². The minimum absolute atomic E-state index is 0.146. The van der Waals surface area contributed by atoms with Crippen LogP contribution >= 0.6 is 0 Å². The number of aromatic nitrogens is 2. The molecular formula is C8H12N4O2. The van der Waals surface area contributed by atoms with Gasteiger partial charge in [0.25, 0.3) is 5.91 Å². The van der Waals surface area contributed by atoms with Crippen LogP contribution < -0.4 is 16.0 Å². The molecule has 0 saturated heterocycles. The number of hydrogen-bond donors (Lipinski definition) is 2. The summed E-state index contributed by atoms with van der Waals surface area (Å²) in [6.45, 7) is 3.43. The molecule has 0 aromatic carbocycles. The molecule has 1 heterocycles. The van der Waals surface area contributed by atoms with Gasteiger partial charge in [0.2, 0.25) is 5.88 Å². The topological polar surface area (TPSA) is 90.1 Å². The zero-order valence-electron chi connectivity index (χ0n) is 8.07. The van der Waals surface area contributed by atoms with Gasteiger partial charge in [0, 0.05) is 11.8 Å². The van der Waals surface area contributed by atoms with Gasteiger partial charge in [-0.3, -0.25) is 10.2 Å². The van der Waals surface area contributed by atoms with Crippen LogP contribution in [-0.4, -0.2) is 22.5 Å². The van der Waals surface area contributed by atoms with Crippen LogP contribution in [0.4, 0.5) is 0 Å². The van der Waals surface area contributed by atoms with E-state index in [9.17, 15) is 4.79 Å². The van der Waals surface area contributed by atoms with Crippen molar-refractivity contribution in [3.63, 3.8) is 0 Å². The molecule has 0 atom stereocenters. The van der Waals surface area contributed by atoms with Crippen molar-refractivity contribution in [3.05, 3.63) is 17.6 Å². The second-order valence-electron chi connectivity index (χ2n) is 2.75. The van der Waals surface area contributed by atoms with Crippen LogP contribution in [0.15, 0.2) is 6.07 Å². The summed E-state index contributed by atoms with van der Waals surface area (Å²) in [7, 11) is 0. The van der Waals surface area contributed by atoms with Gasteiger partial charge in [0.05, 0.1) is 0 Å². The Morgan fingerprint density at radius 1 is 1.57 bits per heavy atom. The lowest BCUT2D eigenvalue weighted by molar-refractivity contribution is -0.123. The molecule has 6 nitrogen and oxygen atoms in total. The van der Waals surface area contributed by atoms with Gasteiger partial charge in [-0.1, -0.05) is 0 Å². The Morgan fingerprint density at radius 3 is 2.86 bits per heavy atom. The predicted molar refractivity (Wildman–Crippen MR) is 49.3 cm³/mol. The molecule has 1 rings (SSSR count). The molecule has 3 N–H and O–H groups in total.